The van der Waals surface area contributed by atoms with Gasteiger partial charge in [0.2, 0.25) is 0 Å². The van der Waals surface area contributed by atoms with Crippen LogP contribution in [0.25, 0.3) is 11.1 Å². The summed E-state index contributed by atoms with van der Waals surface area (Å²) in [6.07, 6.45) is 10.2. The maximum atomic E-state index is 13.1. The van der Waals surface area contributed by atoms with Crippen molar-refractivity contribution in [2.45, 2.75) is 87.8 Å². The topological polar surface area (TPSA) is 106 Å². The number of aromatic nitrogens is 2. The summed E-state index contributed by atoms with van der Waals surface area (Å²) in [5.41, 5.74) is 6.13. The first-order chi connectivity index (χ1) is 24.4. The molecule has 4 aromatic rings. The number of carbonyl (C=O) groups is 1. The summed E-state index contributed by atoms with van der Waals surface area (Å²) in [7, 11) is 0. The number of urea groups is 1. The van der Waals surface area contributed by atoms with Gasteiger partial charge in [0.05, 0.1) is 18.8 Å². The fourth-order valence-corrected chi connectivity index (χ4v) is 10.2. The molecule has 3 N–H and O–H groups in total. The second-order valence-corrected chi connectivity index (χ2v) is 16.0. The highest BCUT2D eigenvalue weighted by molar-refractivity contribution is 7.99. The summed E-state index contributed by atoms with van der Waals surface area (Å²) in [6, 6.07) is 26.5. The van der Waals surface area contributed by atoms with Crippen LogP contribution in [-0.2, 0) is 22.6 Å². The number of hydrogen-bond acceptors (Lipinski definition) is 7. The van der Waals surface area contributed by atoms with Crippen LogP contribution in [0, 0.1) is 23.7 Å². The summed E-state index contributed by atoms with van der Waals surface area (Å²) in [6.45, 7) is 2.65. The van der Waals surface area contributed by atoms with Crippen molar-refractivity contribution in [1.82, 2.24) is 20.6 Å². The second-order valence-electron chi connectivity index (χ2n) is 15.0. The van der Waals surface area contributed by atoms with Gasteiger partial charge in [0, 0.05) is 41.7 Å². The van der Waals surface area contributed by atoms with Crippen molar-refractivity contribution in [1.29, 1.82) is 0 Å². The fraction of sp³-hybridized carbons (Fsp3) is 0.439. The molecular weight excluding hydrogens is 645 g/mol. The molecule has 2 amide bonds. The van der Waals surface area contributed by atoms with Gasteiger partial charge >= 0.3 is 6.03 Å². The van der Waals surface area contributed by atoms with Gasteiger partial charge in [-0.1, -0.05) is 85.4 Å². The lowest BCUT2D eigenvalue weighted by Crippen LogP contribution is -2.61. The Labute approximate surface area is 298 Å². The molecule has 3 aromatic carbocycles. The molecule has 9 rings (SSSR count). The van der Waals surface area contributed by atoms with Crippen molar-refractivity contribution in [3.8, 4) is 11.1 Å². The van der Waals surface area contributed by atoms with Gasteiger partial charge in [0.25, 0.3) is 0 Å². The molecule has 5 aliphatic rings. The maximum absolute atomic E-state index is 13.1. The van der Waals surface area contributed by atoms with Crippen LogP contribution < -0.4 is 10.6 Å². The van der Waals surface area contributed by atoms with E-state index in [0.717, 1.165) is 75.6 Å². The first-order valence-corrected chi connectivity index (χ1v) is 19.1. The minimum Gasteiger partial charge on any atom is -0.392 e. The number of rotatable bonds is 10. The highest BCUT2D eigenvalue weighted by Gasteiger charge is 2.51. The van der Waals surface area contributed by atoms with Gasteiger partial charge < -0.3 is 25.2 Å². The zero-order valence-electron chi connectivity index (χ0n) is 28.5. The fourth-order valence-electron chi connectivity index (χ4n) is 9.25. The Bertz CT molecular complexity index is 1730. The van der Waals surface area contributed by atoms with E-state index in [1.54, 1.807) is 24.2 Å². The zero-order chi connectivity index (χ0) is 34.1. The van der Waals surface area contributed by atoms with E-state index in [-0.39, 0.29) is 36.3 Å². The van der Waals surface area contributed by atoms with Crippen molar-refractivity contribution in [3.05, 3.63) is 114 Å². The molecule has 9 heteroatoms. The lowest BCUT2D eigenvalue weighted by molar-refractivity contribution is -0.268. The lowest BCUT2D eigenvalue weighted by Gasteiger charge is -2.56. The molecule has 4 atom stereocenters. The molecule has 8 nitrogen and oxygen atoms in total. The summed E-state index contributed by atoms with van der Waals surface area (Å²) < 4.78 is 13.3. The Hall–Kier alpha value is -3.76. The van der Waals surface area contributed by atoms with E-state index >= 15 is 0 Å². The van der Waals surface area contributed by atoms with E-state index in [4.69, 9.17) is 9.47 Å². The van der Waals surface area contributed by atoms with Crippen LogP contribution in [-0.4, -0.2) is 38.5 Å². The van der Waals surface area contributed by atoms with Crippen molar-refractivity contribution in [2.24, 2.45) is 23.7 Å². The molecule has 2 heterocycles. The van der Waals surface area contributed by atoms with Gasteiger partial charge in [-0.15, -0.1) is 0 Å². The first kappa shape index (κ1) is 33.4. The summed E-state index contributed by atoms with van der Waals surface area (Å²) in [5.74, 6) is 3.16. The summed E-state index contributed by atoms with van der Waals surface area (Å²) in [4.78, 5) is 21.8. The summed E-state index contributed by atoms with van der Waals surface area (Å²) in [5, 5.41) is 16.9. The van der Waals surface area contributed by atoms with Crippen LogP contribution in [0.5, 0.6) is 0 Å². The van der Waals surface area contributed by atoms with Gasteiger partial charge in [-0.05, 0) is 96.2 Å². The number of nitrogens with zero attached hydrogens (tertiary/aromatic N) is 2. The molecule has 1 aliphatic heterocycles. The third-order valence-electron chi connectivity index (χ3n) is 11.4. The van der Waals surface area contributed by atoms with Crippen molar-refractivity contribution < 1.29 is 19.4 Å². The van der Waals surface area contributed by atoms with Crippen molar-refractivity contribution in [2.75, 3.05) is 5.75 Å². The van der Waals surface area contributed by atoms with Crippen LogP contribution >= 0.6 is 11.8 Å². The standard InChI is InChI=1S/C41H46N4O4S/c1-26-36(25-50-40-42-14-3-15-43-40)48-38(49-37(26)33-8-6-27(24-46)7-9-33)34-12-10-32(11-13-34)35-5-2-4-28(19-35)23-44-39(47)45-41-20-29-16-30(21-41)18-31(17-29)22-41/h2-15,19,26,29-31,36-38,46H,16-18,20-25H2,1H3,(H2,44,45,47)/t26-,29?,30?,31?,36+,37+,38+,41?/m1/s1. The number of benzene rings is 3. The quantitative estimate of drug-likeness (QED) is 0.114. The number of amides is 2. The molecular formula is C41H46N4O4S. The number of carbonyl (C=O) groups excluding carboxylic acids is 1. The number of thioether (sulfide) groups is 1. The second kappa shape index (κ2) is 14.5. The predicted molar refractivity (Wildman–Crippen MR) is 194 cm³/mol. The smallest absolute Gasteiger partial charge is 0.315 e. The average Bonchev–Trinajstić information content (AvgIpc) is 3.13. The molecule has 1 saturated heterocycles. The minimum absolute atomic E-state index is 0.00590. The van der Waals surface area contributed by atoms with E-state index in [0.29, 0.717) is 12.3 Å². The van der Waals surface area contributed by atoms with Gasteiger partial charge in [0.15, 0.2) is 11.4 Å². The van der Waals surface area contributed by atoms with E-state index in [9.17, 15) is 9.90 Å². The zero-order valence-corrected chi connectivity index (χ0v) is 29.4. The Morgan fingerprint density at radius 1 is 0.840 bits per heavy atom. The number of hydrogen-bond donors (Lipinski definition) is 3. The Balaban J connectivity index is 0.934. The van der Waals surface area contributed by atoms with Crippen LogP contribution in [0.1, 0.15) is 80.1 Å². The Morgan fingerprint density at radius 2 is 1.52 bits per heavy atom. The predicted octanol–water partition coefficient (Wildman–Crippen LogP) is 7.99. The minimum atomic E-state index is -0.548. The largest absolute Gasteiger partial charge is 0.392 e. The molecule has 4 aliphatic carbocycles. The molecule has 260 valence electrons. The highest BCUT2D eigenvalue weighted by atomic mass is 32.2. The Morgan fingerprint density at radius 3 is 2.20 bits per heavy atom. The lowest BCUT2D eigenvalue weighted by atomic mass is 9.53. The van der Waals surface area contributed by atoms with E-state index in [2.05, 4.69) is 76.1 Å². The van der Waals surface area contributed by atoms with E-state index in [1.165, 1.54) is 19.3 Å². The molecule has 1 aromatic heterocycles. The Kier molecular flexibility index (Phi) is 9.66. The number of ether oxygens (including phenoxy) is 2. The van der Waals surface area contributed by atoms with Gasteiger partial charge in [-0.2, -0.15) is 0 Å². The van der Waals surface area contributed by atoms with Crippen LogP contribution in [0.4, 0.5) is 4.79 Å². The van der Waals surface area contributed by atoms with Crippen LogP contribution in [0.3, 0.4) is 0 Å². The van der Waals surface area contributed by atoms with Crippen LogP contribution in [0.15, 0.2) is 96.4 Å². The molecule has 0 unspecified atom stereocenters. The molecule has 4 saturated carbocycles. The highest BCUT2D eigenvalue weighted by Crippen LogP contribution is 2.55. The van der Waals surface area contributed by atoms with Crippen molar-refractivity contribution >= 4 is 17.8 Å². The molecule has 0 spiro atoms. The normalized spacial score (nSPS) is 29.8. The number of aliphatic hydroxyl groups is 1. The van der Waals surface area contributed by atoms with Gasteiger partial charge in [-0.25, -0.2) is 14.8 Å². The van der Waals surface area contributed by atoms with Crippen LogP contribution in [0.2, 0.25) is 0 Å². The number of nitrogens with one attached hydrogen (secondary N) is 2. The van der Waals surface area contributed by atoms with E-state index < -0.39 is 6.29 Å². The average molecular weight is 691 g/mol. The van der Waals surface area contributed by atoms with Gasteiger partial charge in [0.1, 0.15) is 0 Å². The SMILES string of the molecule is C[C@@H]1[C@H](CSc2ncccn2)O[C@H](c2ccc(-c3cccc(CNC(=O)NC45CC6CC(CC(C6)C4)C5)c3)cc2)O[C@@H]1c1ccc(CO)cc1. The molecule has 5 fully saturated rings. The molecule has 50 heavy (non-hydrogen) atoms. The first-order valence-electron chi connectivity index (χ1n) is 18.1. The maximum Gasteiger partial charge on any atom is 0.315 e. The third-order valence-corrected chi connectivity index (χ3v) is 12.3. The van der Waals surface area contributed by atoms with Crippen molar-refractivity contribution in [3.63, 3.8) is 0 Å². The summed E-state index contributed by atoms with van der Waals surface area (Å²) >= 11 is 1.59. The number of aliphatic hydroxyl groups excluding tert-OH is 1. The van der Waals surface area contributed by atoms with E-state index in [1.807, 2.05) is 30.3 Å². The third kappa shape index (κ3) is 7.33. The van der Waals surface area contributed by atoms with Gasteiger partial charge in [-0.3, -0.25) is 0 Å². The molecule has 4 bridgehead atoms. The molecule has 0 radical (unpaired) electrons. The monoisotopic (exact) mass is 690 g/mol.